The average molecular weight is 756 g/mol. The first-order valence-electron chi connectivity index (χ1n) is 18.4. The first-order valence-corrected chi connectivity index (χ1v) is 20.0. The summed E-state index contributed by atoms with van der Waals surface area (Å²) in [6.07, 6.45) is 7.78. The molecule has 2 aromatic rings. The highest BCUT2D eigenvalue weighted by Gasteiger charge is 2.49. The lowest BCUT2D eigenvalue weighted by Crippen LogP contribution is -2.64. The van der Waals surface area contributed by atoms with Gasteiger partial charge in [-0.2, -0.15) is 0 Å². The molecule has 53 heavy (non-hydrogen) atoms. The van der Waals surface area contributed by atoms with Crippen molar-refractivity contribution in [3.05, 3.63) is 41.7 Å². The van der Waals surface area contributed by atoms with E-state index >= 15 is 0 Å². The van der Waals surface area contributed by atoms with Crippen molar-refractivity contribution in [2.45, 2.75) is 124 Å². The van der Waals surface area contributed by atoms with Gasteiger partial charge in [-0.1, -0.05) is 37.3 Å². The highest BCUT2D eigenvalue weighted by molar-refractivity contribution is 7.92. The van der Waals surface area contributed by atoms with Crippen LogP contribution in [0.25, 0.3) is 0 Å². The Bertz CT molecular complexity index is 1820. The number of nitrogens with zero attached hydrogens (tertiary/aromatic N) is 4. The molecule has 0 radical (unpaired) electrons. The minimum atomic E-state index is -3.46. The second kappa shape index (κ2) is 15.3. The van der Waals surface area contributed by atoms with Crippen molar-refractivity contribution in [1.82, 2.24) is 30.5 Å². The molecule has 5 N–H and O–H groups in total. The van der Waals surface area contributed by atoms with E-state index in [1.807, 2.05) is 0 Å². The summed E-state index contributed by atoms with van der Waals surface area (Å²) in [5.74, 6) is -3.80. The number of nitrogens with one attached hydrogen (secondary N) is 2. The molecule has 2 aliphatic heterocycles. The van der Waals surface area contributed by atoms with Gasteiger partial charge in [0.25, 0.3) is 11.8 Å². The Kier molecular flexibility index (Phi) is 11.1. The van der Waals surface area contributed by atoms with E-state index in [0.29, 0.717) is 25.0 Å². The predicted octanol–water partition coefficient (Wildman–Crippen LogP) is 1.07. The number of likely N-dealkylation sites (tertiary alicyclic amines) is 1. The zero-order valence-electron chi connectivity index (χ0n) is 30.2. The van der Waals surface area contributed by atoms with E-state index in [-0.39, 0.29) is 55.4 Å². The zero-order valence-corrected chi connectivity index (χ0v) is 31.0. The molecular formula is C36H49N7O9S. The van der Waals surface area contributed by atoms with Gasteiger partial charge in [0.1, 0.15) is 23.2 Å². The van der Waals surface area contributed by atoms with E-state index in [4.69, 9.17) is 10.5 Å². The summed E-state index contributed by atoms with van der Waals surface area (Å²) in [5, 5.41) is 24.3. The molecule has 3 atom stereocenters. The fraction of sp³-hybridized carbons (Fsp3) is 0.639. The van der Waals surface area contributed by atoms with Crippen LogP contribution in [0.5, 0.6) is 0 Å². The van der Waals surface area contributed by atoms with Crippen LogP contribution in [-0.4, -0.2) is 105 Å². The lowest BCUT2D eigenvalue weighted by atomic mass is 9.84. The van der Waals surface area contributed by atoms with Crippen LogP contribution in [0, 0.1) is 5.92 Å². The summed E-state index contributed by atoms with van der Waals surface area (Å²) in [5.41, 5.74) is 2.98. The number of primary amides is 1. The molecule has 16 nitrogen and oxygen atoms in total. The van der Waals surface area contributed by atoms with Crippen LogP contribution in [0.4, 0.5) is 0 Å². The van der Waals surface area contributed by atoms with Crippen molar-refractivity contribution in [3.63, 3.8) is 0 Å². The lowest BCUT2D eigenvalue weighted by Gasteiger charge is -2.37. The second-order valence-corrected chi connectivity index (χ2v) is 17.7. The molecule has 0 bridgehead atoms. The summed E-state index contributed by atoms with van der Waals surface area (Å²) >= 11 is 0. The van der Waals surface area contributed by atoms with Gasteiger partial charge in [0, 0.05) is 44.6 Å². The van der Waals surface area contributed by atoms with Crippen LogP contribution in [0.2, 0.25) is 0 Å². The first kappa shape index (κ1) is 38.5. The second-order valence-electron chi connectivity index (χ2n) is 15.4. The molecule has 1 aromatic carbocycles. The van der Waals surface area contributed by atoms with Gasteiger partial charge in [-0.15, -0.1) is 5.10 Å². The number of nitrogens with two attached hydrogens (primary N) is 1. The molecule has 4 fully saturated rings. The molecule has 1 aromatic heterocycles. The largest absolute Gasteiger partial charge is 0.384 e. The topological polar surface area (TPSA) is 233 Å². The maximum absolute atomic E-state index is 14.8. The Morgan fingerprint density at radius 1 is 1.04 bits per heavy atom. The van der Waals surface area contributed by atoms with E-state index in [9.17, 15) is 37.5 Å². The van der Waals surface area contributed by atoms with E-state index in [1.165, 1.54) is 40.0 Å². The number of aliphatic hydroxyl groups is 1. The number of rotatable bonds is 13. The minimum Gasteiger partial charge on any atom is -0.384 e. The Morgan fingerprint density at radius 3 is 2.30 bits per heavy atom. The van der Waals surface area contributed by atoms with Gasteiger partial charge >= 0.3 is 0 Å². The SMILES string of the molecule is CC(C)(O)c1cnnn1[C@H]1C[C@@H](C(=O)NC2(C(=O)C(N)=O)CCOCC2)N(C(=O)[C@@H](CC2CCCCC2)NC(=O)c2ccc(S(=O)(=O)C3CC3)cc2)C1. The molecule has 288 valence electrons. The number of ether oxygens (including phenoxy) is 1. The number of Topliss-reactive ketones (excluding diaryl/α,β-unsaturated/α-hetero) is 1. The lowest BCUT2D eigenvalue weighted by molar-refractivity contribution is -0.147. The summed E-state index contributed by atoms with van der Waals surface area (Å²) in [4.78, 5) is 69.6. The van der Waals surface area contributed by atoms with Gasteiger partial charge < -0.3 is 31.1 Å². The maximum Gasteiger partial charge on any atom is 0.287 e. The molecule has 0 unspecified atom stereocenters. The Labute approximate surface area is 308 Å². The standard InChI is InChI=1S/C36H49N7O9S/c1-35(2,49)29-20-38-41-43(29)24-19-28(33(47)40-36(30(44)31(37)45)14-16-52-17-15-36)42(21-24)34(48)27(18-22-6-4-3-5-7-22)39-32(46)23-8-10-25(11-9-23)53(50,51)26-12-13-26/h8-11,20,22,24,26-28,49H,3-7,12-19,21H2,1-2H3,(H2,37,45)(H,39,46)(H,40,47)/t24-,27+,28-/m0/s1. The molecule has 0 spiro atoms. The third-order valence-electron chi connectivity index (χ3n) is 11.1. The Balaban J connectivity index is 1.31. The third-order valence-corrected chi connectivity index (χ3v) is 13.4. The average Bonchev–Trinajstić information content (AvgIpc) is 3.71. The van der Waals surface area contributed by atoms with Crippen molar-refractivity contribution in [2.75, 3.05) is 19.8 Å². The highest BCUT2D eigenvalue weighted by atomic mass is 32.2. The smallest absolute Gasteiger partial charge is 0.287 e. The Hall–Kier alpha value is -4.22. The van der Waals surface area contributed by atoms with Crippen LogP contribution in [-0.2, 0) is 39.4 Å². The molecule has 3 heterocycles. The molecule has 17 heteroatoms. The van der Waals surface area contributed by atoms with Crippen LogP contribution in [0.15, 0.2) is 35.4 Å². The van der Waals surface area contributed by atoms with Gasteiger partial charge in [0.15, 0.2) is 9.84 Å². The number of carbonyl (C=O) groups excluding carboxylic acids is 5. The summed E-state index contributed by atoms with van der Waals surface area (Å²) in [7, 11) is -3.46. The van der Waals surface area contributed by atoms with Crippen LogP contribution in [0.1, 0.15) is 107 Å². The molecular weight excluding hydrogens is 707 g/mol. The van der Waals surface area contributed by atoms with E-state index in [0.717, 1.165) is 32.1 Å². The summed E-state index contributed by atoms with van der Waals surface area (Å²) in [6.45, 7) is 3.31. The van der Waals surface area contributed by atoms with E-state index in [1.54, 1.807) is 13.8 Å². The monoisotopic (exact) mass is 755 g/mol. The number of aromatic nitrogens is 3. The van der Waals surface area contributed by atoms with Crippen molar-refractivity contribution in [1.29, 1.82) is 0 Å². The first-order chi connectivity index (χ1) is 25.1. The minimum absolute atomic E-state index is 0.0116. The quantitative estimate of drug-likeness (QED) is 0.211. The highest BCUT2D eigenvalue weighted by Crippen LogP contribution is 2.35. The summed E-state index contributed by atoms with van der Waals surface area (Å²) < 4.78 is 32.4. The number of hydrogen-bond acceptors (Lipinski definition) is 11. The fourth-order valence-electron chi connectivity index (χ4n) is 7.90. The zero-order chi connectivity index (χ0) is 38.1. The van der Waals surface area contributed by atoms with Crippen molar-refractivity contribution in [2.24, 2.45) is 11.7 Å². The van der Waals surface area contributed by atoms with E-state index in [2.05, 4.69) is 20.9 Å². The third kappa shape index (κ3) is 8.31. The number of benzene rings is 1. The van der Waals surface area contributed by atoms with Crippen LogP contribution in [0.3, 0.4) is 0 Å². The fourth-order valence-corrected chi connectivity index (χ4v) is 9.56. The van der Waals surface area contributed by atoms with Gasteiger partial charge in [-0.3, -0.25) is 24.0 Å². The van der Waals surface area contributed by atoms with Gasteiger partial charge in [-0.25, -0.2) is 13.1 Å². The van der Waals surface area contributed by atoms with E-state index < -0.39 is 73.8 Å². The molecule has 2 saturated carbocycles. The maximum atomic E-state index is 14.8. The van der Waals surface area contributed by atoms with Gasteiger partial charge in [-0.05, 0) is 63.3 Å². The number of carbonyl (C=O) groups is 5. The van der Waals surface area contributed by atoms with Crippen molar-refractivity contribution >= 4 is 39.2 Å². The molecule has 2 saturated heterocycles. The normalized spacial score (nSPS) is 22.9. The number of amides is 4. The van der Waals surface area contributed by atoms with Gasteiger partial charge in [0.2, 0.25) is 17.6 Å². The van der Waals surface area contributed by atoms with Gasteiger partial charge in [0.05, 0.1) is 28.1 Å². The summed E-state index contributed by atoms with van der Waals surface area (Å²) in [6, 6.07) is 2.84. The van der Waals surface area contributed by atoms with Crippen LogP contribution < -0.4 is 16.4 Å². The molecule has 6 rings (SSSR count). The number of hydrogen-bond donors (Lipinski definition) is 4. The van der Waals surface area contributed by atoms with Crippen molar-refractivity contribution < 1.29 is 42.2 Å². The molecule has 2 aliphatic carbocycles. The van der Waals surface area contributed by atoms with Crippen LogP contribution >= 0.6 is 0 Å². The molecule has 4 aliphatic rings. The predicted molar refractivity (Wildman–Crippen MR) is 189 cm³/mol. The number of sulfone groups is 1. The Morgan fingerprint density at radius 2 is 1.70 bits per heavy atom. The molecule has 4 amide bonds. The van der Waals surface area contributed by atoms with Crippen molar-refractivity contribution in [3.8, 4) is 0 Å². The number of ketones is 1.